The second kappa shape index (κ2) is 5.72. The monoisotopic (exact) mass is 295 g/mol. The number of fused-ring (bicyclic) bond motifs is 1. The Kier molecular flexibility index (Phi) is 4.17. The first kappa shape index (κ1) is 15.3. The molecule has 0 fully saturated rings. The molecule has 116 valence electrons. The van der Waals surface area contributed by atoms with Crippen LogP contribution >= 0.6 is 0 Å². The highest BCUT2D eigenvalue weighted by Crippen LogP contribution is 2.18. The molecule has 8 heteroatoms. The number of aromatic nitrogens is 4. The maximum atomic E-state index is 12.4. The van der Waals surface area contributed by atoms with E-state index >= 15 is 0 Å². The van der Waals surface area contributed by atoms with Crippen LogP contribution in [0, 0.1) is 0 Å². The number of hydrogen-bond acceptors (Lipinski definition) is 5. The van der Waals surface area contributed by atoms with Gasteiger partial charge >= 0.3 is 5.69 Å². The number of anilines is 1. The summed E-state index contributed by atoms with van der Waals surface area (Å²) < 4.78 is 4.26. The maximum absolute atomic E-state index is 12.4. The van der Waals surface area contributed by atoms with Gasteiger partial charge in [0.05, 0.1) is 6.61 Å². The van der Waals surface area contributed by atoms with Crippen molar-refractivity contribution in [2.75, 3.05) is 18.5 Å². The third kappa shape index (κ3) is 2.35. The number of nitrogens with zero attached hydrogens (tertiary/aromatic N) is 4. The van der Waals surface area contributed by atoms with Crippen LogP contribution in [0.5, 0.6) is 0 Å². The van der Waals surface area contributed by atoms with Crippen LogP contribution in [0.1, 0.15) is 26.3 Å². The Labute approximate surface area is 121 Å². The highest BCUT2D eigenvalue weighted by molar-refractivity contribution is 5.74. The summed E-state index contributed by atoms with van der Waals surface area (Å²) in [6.07, 6.45) is 0.753. The number of imidazole rings is 1. The highest BCUT2D eigenvalue weighted by Gasteiger charge is 2.20. The lowest BCUT2D eigenvalue weighted by Crippen LogP contribution is -2.39. The largest absolute Gasteiger partial charge is 0.395 e. The molecular weight excluding hydrogens is 274 g/mol. The predicted octanol–water partition coefficient (Wildman–Crippen LogP) is -0.191. The number of nitrogens with one attached hydrogen (secondary N) is 1. The van der Waals surface area contributed by atoms with E-state index in [1.165, 1.54) is 7.05 Å². The zero-order valence-corrected chi connectivity index (χ0v) is 12.8. The zero-order valence-electron chi connectivity index (χ0n) is 12.8. The zero-order chi connectivity index (χ0) is 15.7. The topological polar surface area (TPSA) is 94.1 Å². The van der Waals surface area contributed by atoms with Crippen molar-refractivity contribution in [2.24, 2.45) is 14.1 Å². The van der Waals surface area contributed by atoms with Crippen molar-refractivity contribution in [3.05, 3.63) is 20.8 Å². The van der Waals surface area contributed by atoms with Gasteiger partial charge < -0.3 is 15.0 Å². The van der Waals surface area contributed by atoms with Crippen LogP contribution in [-0.4, -0.2) is 36.9 Å². The summed E-state index contributed by atoms with van der Waals surface area (Å²) in [5, 5.41) is 11.8. The molecule has 1 unspecified atom stereocenters. The van der Waals surface area contributed by atoms with E-state index in [0.717, 1.165) is 11.0 Å². The third-order valence-electron chi connectivity index (χ3n) is 3.73. The summed E-state index contributed by atoms with van der Waals surface area (Å²) in [6, 6.07) is -0.0626. The molecule has 0 aromatic carbocycles. The van der Waals surface area contributed by atoms with Crippen LogP contribution in [0.25, 0.3) is 11.2 Å². The predicted molar refractivity (Wildman–Crippen MR) is 80.8 cm³/mol. The molecule has 0 saturated carbocycles. The summed E-state index contributed by atoms with van der Waals surface area (Å²) in [6.45, 7) is 4.17. The second-order valence-electron chi connectivity index (χ2n) is 5.09. The fourth-order valence-corrected chi connectivity index (χ4v) is 2.29. The minimum Gasteiger partial charge on any atom is -0.395 e. The highest BCUT2D eigenvalue weighted by atomic mass is 16.3. The molecule has 21 heavy (non-hydrogen) atoms. The van der Waals surface area contributed by atoms with E-state index < -0.39 is 0 Å². The van der Waals surface area contributed by atoms with E-state index in [0.29, 0.717) is 23.7 Å². The van der Waals surface area contributed by atoms with Crippen LogP contribution in [0.15, 0.2) is 9.59 Å². The van der Waals surface area contributed by atoms with Gasteiger partial charge in [0.2, 0.25) is 5.95 Å². The van der Waals surface area contributed by atoms with Gasteiger partial charge in [0.1, 0.15) is 0 Å². The first-order valence-corrected chi connectivity index (χ1v) is 6.96. The lowest BCUT2D eigenvalue weighted by molar-refractivity contribution is 0.310. The van der Waals surface area contributed by atoms with Crippen LogP contribution in [0.3, 0.4) is 0 Å². The second-order valence-corrected chi connectivity index (χ2v) is 5.09. The average Bonchev–Trinajstić information content (AvgIpc) is 2.79. The van der Waals surface area contributed by atoms with Crippen molar-refractivity contribution in [3.8, 4) is 0 Å². The maximum Gasteiger partial charge on any atom is 0.332 e. The number of aliphatic hydroxyl groups excluding tert-OH is 1. The van der Waals surface area contributed by atoms with Gasteiger partial charge in [-0.3, -0.25) is 13.9 Å². The first-order valence-electron chi connectivity index (χ1n) is 6.96. The molecule has 2 aromatic rings. The van der Waals surface area contributed by atoms with Crippen molar-refractivity contribution in [1.29, 1.82) is 0 Å². The van der Waals surface area contributed by atoms with Crippen LogP contribution in [0.2, 0.25) is 0 Å². The Hall–Kier alpha value is -2.09. The molecular formula is C13H21N5O3. The number of rotatable bonds is 5. The van der Waals surface area contributed by atoms with Crippen LogP contribution in [0.4, 0.5) is 5.95 Å². The molecule has 0 spiro atoms. The van der Waals surface area contributed by atoms with Gasteiger partial charge in [0.15, 0.2) is 11.2 Å². The molecule has 0 aliphatic heterocycles. The molecule has 0 aliphatic carbocycles. The van der Waals surface area contributed by atoms with E-state index in [-0.39, 0.29) is 23.9 Å². The quantitative estimate of drug-likeness (QED) is 0.797. The molecule has 2 rings (SSSR count). The minimum absolute atomic E-state index is 0.0423. The number of aliphatic hydroxyl groups is 1. The molecule has 0 aliphatic rings. The summed E-state index contributed by atoms with van der Waals surface area (Å²) in [5.74, 6) is 0.457. The van der Waals surface area contributed by atoms with Gasteiger partial charge in [-0.2, -0.15) is 4.98 Å². The van der Waals surface area contributed by atoms with Crippen molar-refractivity contribution < 1.29 is 5.11 Å². The van der Waals surface area contributed by atoms with Crippen molar-refractivity contribution in [2.45, 2.75) is 26.3 Å². The van der Waals surface area contributed by atoms with E-state index in [2.05, 4.69) is 10.3 Å². The summed E-state index contributed by atoms with van der Waals surface area (Å²) in [4.78, 5) is 29.1. The SMILES string of the molecule is CCC(C)n1c(=O)n(C)c(=O)c2c1nc(NCCO)n2C. The fourth-order valence-electron chi connectivity index (χ4n) is 2.29. The average molecular weight is 295 g/mol. The Morgan fingerprint density at radius 3 is 2.52 bits per heavy atom. The molecule has 8 nitrogen and oxygen atoms in total. The van der Waals surface area contributed by atoms with Crippen molar-refractivity contribution in [1.82, 2.24) is 18.7 Å². The van der Waals surface area contributed by atoms with Gasteiger partial charge in [0.25, 0.3) is 5.56 Å². The molecule has 0 amide bonds. The standard InChI is InChI=1S/C13H21N5O3/c1-5-8(2)18-10-9(11(20)17(4)13(18)21)16(3)12(15-10)14-6-7-19/h8,19H,5-7H2,1-4H3,(H,14,15). The van der Waals surface area contributed by atoms with Crippen LogP contribution < -0.4 is 16.6 Å². The molecule has 2 aromatic heterocycles. The molecule has 2 N–H and O–H groups in total. The molecule has 2 heterocycles. The van der Waals surface area contributed by atoms with Crippen molar-refractivity contribution >= 4 is 17.1 Å². The Morgan fingerprint density at radius 1 is 1.29 bits per heavy atom. The fraction of sp³-hybridized carbons (Fsp3) is 0.615. The van der Waals surface area contributed by atoms with E-state index in [1.807, 2.05) is 13.8 Å². The summed E-state index contributed by atoms with van der Waals surface area (Å²) >= 11 is 0. The van der Waals surface area contributed by atoms with Gasteiger partial charge in [0, 0.05) is 26.7 Å². The van der Waals surface area contributed by atoms with Gasteiger partial charge in [-0.15, -0.1) is 0 Å². The first-order chi connectivity index (χ1) is 9.93. The van der Waals surface area contributed by atoms with E-state index in [1.54, 1.807) is 16.2 Å². The van der Waals surface area contributed by atoms with Gasteiger partial charge in [-0.05, 0) is 13.3 Å². The van der Waals surface area contributed by atoms with Gasteiger partial charge in [-0.25, -0.2) is 4.79 Å². The Bertz CT molecular complexity index is 771. The van der Waals surface area contributed by atoms with Crippen LogP contribution in [-0.2, 0) is 14.1 Å². The summed E-state index contributed by atoms with van der Waals surface area (Å²) in [7, 11) is 3.18. The normalized spacial score (nSPS) is 12.8. The summed E-state index contributed by atoms with van der Waals surface area (Å²) in [5.41, 5.74) is 0.00786. The molecule has 0 saturated heterocycles. The van der Waals surface area contributed by atoms with E-state index in [9.17, 15) is 9.59 Å². The smallest absolute Gasteiger partial charge is 0.332 e. The Balaban J connectivity index is 2.84. The lowest BCUT2D eigenvalue weighted by Gasteiger charge is -2.14. The third-order valence-corrected chi connectivity index (χ3v) is 3.73. The number of hydrogen-bond donors (Lipinski definition) is 2. The van der Waals surface area contributed by atoms with Gasteiger partial charge in [-0.1, -0.05) is 6.92 Å². The van der Waals surface area contributed by atoms with E-state index in [4.69, 9.17) is 5.11 Å². The van der Waals surface area contributed by atoms with Crippen molar-refractivity contribution in [3.63, 3.8) is 0 Å². The molecule has 0 radical (unpaired) electrons. The minimum atomic E-state index is -0.374. The lowest BCUT2D eigenvalue weighted by atomic mass is 10.2. The molecule has 1 atom stereocenters. The number of aryl methyl sites for hydroxylation is 1. The molecule has 0 bridgehead atoms. The Morgan fingerprint density at radius 2 is 1.95 bits per heavy atom.